The summed E-state index contributed by atoms with van der Waals surface area (Å²) in [6.45, 7) is 0. The van der Waals surface area contributed by atoms with Gasteiger partial charge in [-0.15, -0.1) is 0 Å². The molecular formula is C12H10N2O2. The smallest absolute Gasteiger partial charge is 0.184 e. The minimum absolute atomic E-state index is 0.138. The third kappa shape index (κ3) is 1.01. The van der Waals surface area contributed by atoms with Gasteiger partial charge in [-0.05, 0) is 23.8 Å². The standard InChI is InChI=1S/C12H10N2O2/c1-14-5-3-7-6-9(15)12(16)11-10(7)8(14)2-4-13-11/h2-6,15-16H,1H3. The molecule has 0 atom stereocenters. The molecule has 1 aromatic heterocycles. The number of hydrogen-bond acceptors (Lipinski definition) is 4. The second-order valence-electron chi connectivity index (χ2n) is 3.81. The van der Waals surface area contributed by atoms with E-state index in [0.29, 0.717) is 5.52 Å². The van der Waals surface area contributed by atoms with Gasteiger partial charge in [-0.3, -0.25) is 4.98 Å². The van der Waals surface area contributed by atoms with Gasteiger partial charge in [0.2, 0.25) is 0 Å². The first-order valence-corrected chi connectivity index (χ1v) is 4.93. The molecule has 3 rings (SSSR count). The number of aromatic hydroxyl groups is 2. The highest BCUT2D eigenvalue weighted by molar-refractivity contribution is 6.04. The molecule has 0 spiro atoms. The molecular weight excluding hydrogens is 204 g/mol. The highest BCUT2D eigenvalue weighted by Gasteiger charge is 2.17. The van der Waals surface area contributed by atoms with Crippen molar-refractivity contribution >= 4 is 22.7 Å². The van der Waals surface area contributed by atoms with Crippen LogP contribution >= 0.6 is 0 Å². The normalized spacial score (nSPS) is 13.4. The number of phenols is 2. The van der Waals surface area contributed by atoms with Gasteiger partial charge in [-0.25, -0.2) is 0 Å². The van der Waals surface area contributed by atoms with Gasteiger partial charge in [-0.1, -0.05) is 0 Å². The van der Waals surface area contributed by atoms with Crippen LogP contribution in [0.25, 0.3) is 17.0 Å². The van der Waals surface area contributed by atoms with E-state index in [1.165, 1.54) is 0 Å². The summed E-state index contributed by atoms with van der Waals surface area (Å²) < 4.78 is 0. The molecule has 2 aromatic rings. The summed E-state index contributed by atoms with van der Waals surface area (Å²) >= 11 is 0. The monoisotopic (exact) mass is 214 g/mol. The van der Waals surface area contributed by atoms with E-state index < -0.39 is 0 Å². The SMILES string of the molecule is CN1C=Cc2cc(O)c(O)c3nccc1c23. The fraction of sp³-hybridized carbons (Fsp3) is 0.0833. The van der Waals surface area contributed by atoms with Crippen molar-refractivity contribution in [2.75, 3.05) is 11.9 Å². The van der Waals surface area contributed by atoms with Gasteiger partial charge in [0.1, 0.15) is 5.52 Å². The van der Waals surface area contributed by atoms with E-state index in [1.54, 1.807) is 12.3 Å². The summed E-state index contributed by atoms with van der Waals surface area (Å²) in [5.74, 6) is -0.300. The van der Waals surface area contributed by atoms with E-state index in [4.69, 9.17) is 0 Å². The zero-order valence-corrected chi connectivity index (χ0v) is 8.68. The lowest BCUT2D eigenvalue weighted by Gasteiger charge is -2.22. The lowest BCUT2D eigenvalue weighted by Crippen LogP contribution is -2.11. The first-order valence-electron chi connectivity index (χ1n) is 4.93. The molecule has 0 bridgehead atoms. The molecule has 0 aliphatic carbocycles. The molecule has 4 heteroatoms. The predicted molar refractivity (Wildman–Crippen MR) is 62.5 cm³/mol. The van der Waals surface area contributed by atoms with Crippen LogP contribution in [0.15, 0.2) is 24.5 Å². The fourth-order valence-corrected chi connectivity index (χ4v) is 2.02. The van der Waals surface area contributed by atoms with Crippen molar-refractivity contribution in [1.29, 1.82) is 0 Å². The maximum Gasteiger partial charge on any atom is 0.184 e. The Balaban J connectivity index is 2.54. The van der Waals surface area contributed by atoms with Crippen molar-refractivity contribution in [2.24, 2.45) is 0 Å². The average Bonchev–Trinajstić information content (AvgIpc) is 2.30. The number of benzene rings is 1. The van der Waals surface area contributed by atoms with Crippen LogP contribution in [-0.2, 0) is 0 Å². The Labute approximate surface area is 92.1 Å². The third-order valence-corrected chi connectivity index (χ3v) is 2.83. The van der Waals surface area contributed by atoms with E-state index in [9.17, 15) is 10.2 Å². The maximum absolute atomic E-state index is 9.76. The highest BCUT2D eigenvalue weighted by atomic mass is 16.3. The molecule has 1 aliphatic rings. The summed E-state index contributed by atoms with van der Waals surface area (Å²) in [5, 5.41) is 20.2. The van der Waals surface area contributed by atoms with Gasteiger partial charge in [0.05, 0.1) is 5.69 Å². The lowest BCUT2D eigenvalue weighted by molar-refractivity contribution is 0.407. The first kappa shape index (κ1) is 9.03. The number of anilines is 1. The second-order valence-corrected chi connectivity index (χ2v) is 3.81. The summed E-state index contributed by atoms with van der Waals surface area (Å²) in [6.07, 6.45) is 5.42. The van der Waals surface area contributed by atoms with E-state index in [-0.39, 0.29) is 11.5 Å². The lowest BCUT2D eigenvalue weighted by atomic mass is 10.0. The Kier molecular flexibility index (Phi) is 1.63. The Morgan fingerprint density at radius 2 is 2.12 bits per heavy atom. The van der Waals surface area contributed by atoms with E-state index >= 15 is 0 Å². The van der Waals surface area contributed by atoms with Gasteiger partial charge in [0.15, 0.2) is 11.5 Å². The number of nitrogens with zero attached hydrogens (tertiary/aromatic N) is 2. The molecule has 0 amide bonds. The Hall–Kier alpha value is -2.23. The van der Waals surface area contributed by atoms with Crippen LogP contribution in [0.1, 0.15) is 5.56 Å². The van der Waals surface area contributed by atoms with Crippen LogP contribution < -0.4 is 4.90 Å². The van der Waals surface area contributed by atoms with Crippen molar-refractivity contribution in [3.05, 3.63) is 30.1 Å². The van der Waals surface area contributed by atoms with Crippen LogP contribution in [0.5, 0.6) is 11.5 Å². The second kappa shape index (κ2) is 2.88. The molecule has 0 unspecified atom stereocenters. The maximum atomic E-state index is 9.76. The fourth-order valence-electron chi connectivity index (χ4n) is 2.02. The van der Waals surface area contributed by atoms with Crippen molar-refractivity contribution < 1.29 is 10.2 Å². The topological polar surface area (TPSA) is 56.6 Å². The van der Waals surface area contributed by atoms with Crippen molar-refractivity contribution in [2.45, 2.75) is 0 Å². The summed E-state index contributed by atoms with van der Waals surface area (Å²) in [4.78, 5) is 6.06. The number of aromatic nitrogens is 1. The van der Waals surface area contributed by atoms with E-state index in [2.05, 4.69) is 4.98 Å². The summed E-state index contributed by atoms with van der Waals surface area (Å²) in [7, 11) is 1.93. The minimum atomic E-state index is -0.163. The van der Waals surface area contributed by atoms with Crippen LogP contribution in [0.2, 0.25) is 0 Å². The largest absolute Gasteiger partial charge is 0.504 e. The zero-order valence-electron chi connectivity index (χ0n) is 8.68. The molecule has 0 radical (unpaired) electrons. The third-order valence-electron chi connectivity index (χ3n) is 2.83. The van der Waals surface area contributed by atoms with E-state index in [1.807, 2.05) is 30.3 Å². The van der Waals surface area contributed by atoms with Crippen molar-refractivity contribution in [1.82, 2.24) is 4.98 Å². The van der Waals surface area contributed by atoms with Gasteiger partial charge in [0.25, 0.3) is 0 Å². The van der Waals surface area contributed by atoms with Gasteiger partial charge in [0, 0.05) is 24.8 Å². The number of rotatable bonds is 0. The summed E-state index contributed by atoms with van der Waals surface area (Å²) in [6, 6.07) is 3.43. The molecule has 0 saturated carbocycles. The van der Waals surface area contributed by atoms with Crippen LogP contribution in [0, 0.1) is 0 Å². The quantitative estimate of drug-likeness (QED) is 0.659. The number of phenolic OH excluding ortho intramolecular Hbond substituents is 2. The molecule has 0 saturated heterocycles. The molecule has 1 aromatic carbocycles. The number of hydrogen-bond donors (Lipinski definition) is 2. The highest BCUT2D eigenvalue weighted by Crippen LogP contribution is 2.41. The molecule has 80 valence electrons. The molecule has 2 N–H and O–H groups in total. The minimum Gasteiger partial charge on any atom is -0.504 e. The van der Waals surface area contributed by atoms with Crippen molar-refractivity contribution in [3.63, 3.8) is 0 Å². The Morgan fingerprint density at radius 1 is 1.31 bits per heavy atom. The first-order chi connectivity index (χ1) is 7.68. The zero-order chi connectivity index (χ0) is 11.3. The molecule has 0 fully saturated rings. The molecule has 1 aliphatic heterocycles. The van der Waals surface area contributed by atoms with Gasteiger partial charge >= 0.3 is 0 Å². The van der Waals surface area contributed by atoms with Gasteiger partial charge in [-0.2, -0.15) is 0 Å². The Bertz CT molecular complexity index is 620. The predicted octanol–water partition coefficient (Wildman–Crippen LogP) is 2.07. The molecule has 16 heavy (non-hydrogen) atoms. The van der Waals surface area contributed by atoms with Gasteiger partial charge < -0.3 is 15.1 Å². The molecule has 2 heterocycles. The van der Waals surface area contributed by atoms with Crippen molar-refractivity contribution in [3.8, 4) is 11.5 Å². The van der Waals surface area contributed by atoms with Crippen LogP contribution in [0.3, 0.4) is 0 Å². The van der Waals surface area contributed by atoms with E-state index in [0.717, 1.165) is 16.6 Å². The number of pyridine rings is 1. The Morgan fingerprint density at radius 3 is 2.94 bits per heavy atom. The average molecular weight is 214 g/mol. The summed E-state index contributed by atoms with van der Waals surface area (Å²) in [5.41, 5.74) is 2.27. The van der Waals surface area contributed by atoms with Crippen LogP contribution in [0.4, 0.5) is 5.69 Å². The van der Waals surface area contributed by atoms with Crippen LogP contribution in [-0.4, -0.2) is 22.2 Å². The molecule has 4 nitrogen and oxygen atoms in total.